The first-order valence-corrected chi connectivity index (χ1v) is 8.89. The second-order valence-corrected chi connectivity index (χ2v) is 7.00. The summed E-state index contributed by atoms with van der Waals surface area (Å²) in [5.74, 6) is 1.43. The minimum Gasteiger partial charge on any atom is -0.325 e. The molecule has 0 fully saturated rings. The third kappa shape index (κ3) is 2.71. The zero-order valence-electron chi connectivity index (χ0n) is 13.7. The van der Waals surface area contributed by atoms with Crippen LogP contribution in [0.4, 0.5) is 0 Å². The van der Waals surface area contributed by atoms with Crippen LogP contribution in [0.25, 0.3) is 22.2 Å². The van der Waals surface area contributed by atoms with Gasteiger partial charge in [0.1, 0.15) is 5.82 Å². The smallest absolute Gasteiger partial charge is 0.140 e. The Balaban J connectivity index is 1.74. The van der Waals surface area contributed by atoms with Gasteiger partial charge in [-0.1, -0.05) is 32.0 Å². The quantitative estimate of drug-likeness (QED) is 0.542. The van der Waals surface area contributed by atoms with E-state index < -0.39 is 0 Å². The molecule has 0 radical (unpaired) electrons. The number of fused-ring (bicyclic) bond motifs is 1. The number of hydrogen-bond donors (Lipinski definition) is 0. The Kier molecular flexibility index (Phi) is 3.86. The number of thiazole rings is 1. The van der Waals surface area contributed by atoms with E-state index in [-0.39, 0.29) is 0 Å². The first-order chi connectivity index (χ1) is 11.7. The molecule has 0 aliphatic rings. The van der Waals surface area contributed by atoms with E-state index in [9.17, 15) is 0 Å². The fraction of sp³-hybridized carbons (Fsp3) is 0.211. The lowest BCUT2D eigenvalue weighted by Crippen LogP contribution is -2.02. The molecule has 0 saturated carbocycles. The van der Waals surface area contributed by atoms with Gasteiger partial charge in [-0.3, -0.25) is 4.98 Å². The second kappa shape index (κ2) is 6.17. The highest BCUT2D eigenvalue weighted by atomic mass is 32.1. The lowest BCUT2D eigenvalue weighted by atomic mass is 10.1. The van der Waals surface area contributed by atoms with Crippen molar-refractivity contribution in [2.45, 2.75) is 26.3 Å². The van der Waals surface area contributed by atoms with Crippen LogP contribution in [0.5, 0.6) is 0 Å². The predicted molar refractivity (Wildman–Crippen MR) is 98.3 cm³/mol. The molecule has 0 atom stereocenters. The third-order valence-electron chi connectivity index (χ3n) is 4.03. The van der Waals surface area contributed by atoms with E-state index in [1.54, 1.807) is 11.3 Å². The lowest BCUT2D eigenvalue weighted by molar-refractivity contribution is 0.770. The largest absolute Gasteiger partial charge is 0.325 e. The molecule has 0 aliphatic heterocycles. The van der Waals surface area contributed by atoms with Gasteiger partial charge in [0, 0.05) is 47.0 Å². The van der Waals surface area contributed by atoms with Crippen LogP contribution in [0, 0.1) is 0 Å². The van der Waals surface area contributed by atoms with Gasteiger partial charge in [-0.15, -0.1) is 11.3 Å². The first-order valence-electron chi connectivity index (χ1n) is 8.01. The van der Waals surface area contributed by atoms with Gasteiger partial charge < -0.3 is 4.57 Å². The average molecular weight is 334 g/mol. The van der Waals surface area contributed by atoms with Crippen molar-refractivity contribution in [3.8, 4) is 11.4 Å². The normalized spacial score (nSPS) is 11.5. The van der Waals surface area contributed by atoms with Crippen LogP contribution in [0.1, 0.15) is 30.5 Å². The number of hydrogen-bond acceptors (Lipinski definition) is 4. The Morgan fingerprint density at radius 2 is 2.08 bits per heavy atom. The number of imidazole rings is 1. The Hall–Kier alpha value is -2.53. The molecule has 0 saturated heterocycles. The van der Waals surface area contributed by atoms with E-state index in [2.05, 4.69) is 52.0 Å². The summed E-state index contributed by atoms with van der Waals surface area (Å²) in [6, 6.07) is 8.29. The number of aromatic nitrogens is 4. The number of nitrogens with zero attached hydrogens (tertiary/aromatic N) is 4. The molecule has 0 amide bonds. The summed E-state index contributed by atoms with van der Waals surface area (Å²) in [5, 5.41) is 5.62. The minimum atomic E-state index is 0.469. The molecule has 4 nitrogen and oxygen atoms in total. The van der Waals surface area contributed by atoms with Crippen molar-refractivity contribution in [2.24, 2.45) is 0 Å². The average Bonchev–Trinajstić information content (AvgIpc) is 3.24. The second-order valence-electron chi connectivity index (χ2n) is 6.11. The van der Waals surface area contributed by atoms with Gasteiger partial charge in [0.25, 0.3) is 0 Å². The van der Waals surface area contributed by atoms with E-state index >= 15 is 0 Å². The maximum atomic E-state index is 4.74. The highest BCUT2D eigenvalue weighted by molar-refractivity contribution is 7.09. The maximum absolute atomic E-state index is 4.74. The highest BCUT2D eigenvalue weighted by Crippen LogP contribution is 2.28. The van der Waals surface area contributed by atoms with Crippen molar-refractivity contribution >= 4 is 22.1 Å². The van der Waals surface area contributed by atoms with Crippen molar-refractivity contribution in [3.63, 3.8) is 0 Å². The summed E-state index contributed by atoms with van der Waals surface area (Å²) < 4.78 is 2.16. The molecule has 0 N–H and O–H groups in total. The fourth-order valence-electron chi connectivity index (χ4n) is 2.83. The van der Waals surface area contributed by atoms with Crippen LogP contribution in [-0.4, -0.2) is 19.5 Å². The van der Waals surface area contributed by atoms with E-state index in [0.29, 0.717) is 5.92 Å². The SMILES string of the molecule is CC(C)c1nc(Cn2ccnc2-c2cccc3cnccc23)cs1. The third-order valence-corrected chi connectivity index (χ3v) is 5.23. The van der Waals surface area contributed by atoms with Gasteiger partial charge in [0.2, 0.25) is 0 Å². The van der Waals surface area contributed by atoms with Gasteiger partial charge >= 0.3 is 0 Å². The molecular formula is C19H18N4S. The topological polar surface area (TPSA) is 43.6 Å². The Morgan fingerprint density at radius 3 is 2.92 bits per heavy atom. The van der Waals surface area contributed by atoms with Crippen molar-refractivity contribution in [3.05, 3.63) is 65.1 Å². The van der Waals surface area contributed by atoms with Crippen molar-refractivity contribution in [1.82, 2.24) is 19.5 Å². The highest BCUT2D eigenvalue weighted by Gasteiger charge is 2.12. The summed E-state index contributed by atoms with van der Waals surface area (Å²) in [4.78, 5) is 13.5. The molecule has 4 aromatic rings. The van der Waals surface area contributed by atoms with E-state index in [1.165, 1.54) is 10.4 Å². The fourth-order valence-corrected chi connectivity index (χ4v) is 3.66. The maximum Gasteiger partial charge on any atom is 0.140 e. The van der Waals surface area contributed by atoms with Crippen LogP contribution in [0.2, 0.25) is 0 Å². The van der Waals surface area contributed by atoms with Crippen LogP contribution in [0.15, 0.2) is 54.4 Å². The minimum absolute atomic E-state index is 0.469. The van der Waals surface area contributed by atoms with Gasteiger partial charge in [-0.05, 0) is 11.5 Å². The Morgan fingerprint density at radius 1 is 1.17 bits per heavy atom. The van der Waals surface area contributed by atoms with E-state index in [1.807, 2.05) is 30.9 Å². The van der Waals surface area contributed by atoms with Crippen LogP contribution in [-0.2, 0) is 6.54 Å². The number of pyridine rings is 1. The van der Waals surface area contributed by atoms with Crippen LogP contribution < -0.4 is 0 Å². The van der Waals surface area contributed by atoms with Gasteiger partial charge in [-0.25, -0.2) is 9.97 Å². The van der Waals surface area contributed by atoms with E-state index in [0.717, 1.165) is 29.0 Å². The molecule has 5 heteroatoms. The van der Waals surface area contributed by atoms with Crippen molar-refractivity contribution in [2.75, 3.05) is 0 Å². The molecule has 0 spiro atoms. The Bertz CT molecular complexity index is 978. The molecule has 0 bridgehead atoms. The van der Waals surface area contributed by atoms with Crippen molar-refractivity contribution in [1.29, 1.82) is 0 Å². The number of benzene rings is 1. The molecule has 0 unspecified atom stereocenters. The summed E-state index contributed by atoms with van der Waals surface area (Å²) in [7, 11) is 0. The predicted octanol–water partition coefficient (Wildman–Crippen LogP) is 4.73. The zero-order valence-corrected chi connectivity index (χ0v) is 14.5. The van der Waals surface area contributed by atoms with Crippen LogP contribution in [0.3, 0.4) is 0 Å². The standard InChI is InChI=1S/C19H18N4S/c1-13(2)19-22-15(12-24-19)11-23-9-8-21-18(23)17-5-3-4-14-10-20-7-6-16(14)17/h3-10,12-13H,11H2,1-2H3. The lowest BCUT2D eigenvalue weighted by Gasteiger charge is -2.09. The van der Waals surface area contributed by atoms with E-state index in [4.69, 9.17) is 4.98 Å². The molecule has 3 heterocycles. The van der Waals surface area contributed by atoms with Gasteiger partial charge in [0.15, 0.2) is 0 Å². The molecule has 120 valence electrons. The molecular weight excluding hydrogens is 316 g/mol. The molecule has 3 aromatic heterocycles. The summed E-state index contributed by atoms with van der Waals surface area (Å²) in [6.45, 7) is 5.09. The zero-order chi connectivity index (χ0) is 16.5. The molecule has 24 heavy (non-hydrogen) atoms. The number of rotatable bonds is 4. The van der Waals surface area contributed by atoms with Gasteiger partial charge in [-0.2, -0.15) is 0 Å². The molecule has 4 rings (SSSR count). The molecule has 0 aliphatic carbocycles. The van der Waals surface area contributed by atoms with Crippen LogP contribution >= 0.6 is 11.3 Å². The summed E-state index contributed by atoms with van der Waals surface area (Å²) >= 11 is 1.73. The Labute approximate surface area is 144 Å². The van der Waals surface area contributed by atoms with Crippen molar-refractivity contribution < 1.29 is 0 Å². The molecule has 1 aromatic carbocycles. The summed E-state index contributed by atoms with van der Waals surface area (Å²) in [6.07, 6.45) is 7.59. The first kappa shape index (κ1) is 15.0. The monoisotopic (exact) mass is 334 g/mol. The summed E-state index contributed by atoms with van der Waals surface area (Å²) in [5.41, 5.74) is 2.21. The van der Waals surface area contributed by atoms with Gasteiger partial charge in [0.05, 0.1) is 17.2 Å².